The summed E-state index contributed by atoms with van der Waals surface area (Å²) in [7, 11) is 0. The van der Waals surface area contributed by atoms with Gasteiger partial charge in [-0.05, 0) is 97.1 Å². The molecule has 0 bridgehead atoms. The number of hydrogen-bond donors (Lipinski definition) is 0. The molecule has 11 rings (SSSR count). The molecule has 0 aliphatic heterocycles. The lowest BCUT2D eigenvalue weighted by molar-refractivity contribution is 0.657. The Hall–Kier alpha value is -7.62. The lowest BCUT2D eigenvalue weighted by Gasteiger charge is -2.13. The van der Waals surface area contributed by atoms with Crippen LogP contribution in [0.4, 0.5) is 0 Å². The molecule has 0 radical (unpaired) electrons. The molecule has 0 fully saturated rings. The van der Waals surface area contributed by atoms with Crippen molar-refractivity contribution in [3.8, 4) is 67.2 Å². The highest BCUT2D eigenvalue weighted by molar-refractivity contribution is 6.18. The summed E-state index contributed by atoms with van der Waals surface area (Å²) in [6.45, 7) is 0. The summed E-state index contributed by atoms with van der Waals surface area (Å²) in [5, 5.41) is 6.34. The lowest BCUT2D eigenvalue weighted by Crippen LogP contribution is -1.95. The van der Waals surface area contributed by atoms with Crippen molar-refractivity contribution in [2.75, 3.05) is 0 Å². The van der Waals surface area contributed by atoms with Crippen molar-refractivity contribution in [1.29, 1.82) is 0 Å². The summed E-state index contributed by atoms with van der Waals surface area (Å²) in [6.07, 6.45) is 0. The molecule has 266 valence electrons. The summed E-state index contributed by atoms with van der Waals surface area (Å²) in [5.41, 5.74) is 13.5. The van der Waals surface area contributed by atoms with Crippen LogP contribution < -0.4 is 0 Å². The maximum absolute atomic E-state index is 6.71. The highest BCUT2D eigenvalue weighted by Gasteiger charge is 2.21. The van der Waals surface area contributed by atoms with Crippen LogP contribution in [0, 0.1) is 0 Å². The maximum atomic E-state index is 6.71. The molecule has 0 N–H and O–H groups in total. The van der Waals surface area contributed by atoms with E-state index in [4.69, 9.17) is 14.4 Å². The van der Waals surface area contributed by atoms with Gasteiger partial charge in [0.05, 0.1) is 11.1 Å². The van der Waals surface area contributed by atoms with Gasteiger partial charge >= 0.3 is 0 Å². The van der Waals surface area contributed by atoms with Gasteiger partial charge in [0.2, 0.25) is 5.71 Å². The van der Waals surface area contributed by atoms with Crippen LogP contribution in [-0.4, -0.2) is 9.97 Å². The van der Waals surface area contributed by atoms with E-state index >= 15 is 0 Å². The van der Waals surface area contributed by atoms with Gasteiger partial charge < -0.3 is 4.42 Å². The summed E-state index contributed by atoms with van der Waals surface area (Å²) in [4.78, 5) is 10.5. The van der Waals surface area contributed by atoms with Crippen LogP contribution in [-0.2, 0) is 0 Å². The molecule has 0 amide bonds. The minimum Gasteiger partial charge on any atom is -0.437 e. The monoisotopic (exact) mass is 726 g/mol. The third-order valence-corrected chi connectivity index (χ3v) is 11.1. The standard InChI is InChI=1S/C54H34N2O/c1-3-14-35(15-4-1)43-32-44(36-16-5-2-6-17-36)34-45(33-43)41-23-11-21-39(30-41)40-22-12-24-42(31-40)51-50-49-29-28-38-19-8-10-26-47(38)52(49)57-54(50)56-53(55-51)48-27-13-20-37-18-7-9-25-46(37)48/h1-34H. The van der Waals surface area contributed by atoms with Crippen LogP contribution in [0.3, 0.4) is 0 Å². The Labute approximate surface area is 330 Å². The van der Waals surface area contributed by atoms with E-state index in [2.05, 4.69) is 206 Å². The van der Waals surface area contributed by atoms with E-state index in [0.29, 0.717) is 11.5 Å². The second kappa shape index (κ2) is 13.6. The fraction of sp³-hybridized carbons (Fsp3) is 0. The zero-order valence-electron chi connectivity index (χ0n) is 30.9. The van der Waals surface area contributed by atoms with Crippen molar-refractivity contribution in [2.24, 2.45) is 0 Å². The molecule has 0 unspecified atom stereocenters. The van der Waals surface area contributed by atoms with Gasteiger partial charge in [-0.3, -0.25) is 0 Å². The second-order valence-corrected chi connectivity index (χ2v) is 14.6. The van der Waals surface area contributed by atoms with Crippen molar-refractivity contribution in [2.45, 2.75) is 0 Å². The van der Waals surface area contributed by atoms with Gasteiger partial charge in [0, 0.05) is 21.9 Å². The molecule has 11 aromatic rings. The number of rotatable bonds is 6. The number of fused-ring (bicyclic) bond motifs is 6. The van der Waals surface area contributed by atoms with Crippen molar-refractivity contribution >= 4 is 43.6 Å². The minimum absolute atomic E-state index is 0.578. The summed E-state index contributed by atoms with van der Waals surface area (Å²) in [6, 6.07) is 73.1. The molecular weight excluding hydrogens is 693 g/mol. The van der Waals surface area contributed by atoms with Gasteiger partial charge in [0.1, 0.15) is 5.58 Å². The van der Waals surface area contributed by atoms with Crippen LogP contribution >= 0.6 is 0 Å². The van der Waals surface area contributed by atoms with Gasteiger partial charge in [-0.1, -0.05) is 170 Å². The first kappa shape index (κ1) is 32.8. The Morgan fingerprint density at radius 3 is 1.47 bits per heavy atom. The molecule has 0 saturated carbocycles. The largest absolute Gasteiger partial charge is 0.437 e. The predicted octanol–water partition coefficient (Wildman–Crippen LogP) is 14.7. The third kappa shape index (κ3) is 5.85. The Kier molecular flexibility index (Phi) is 7.82. The molecule has 0 aliphatic carbocycles. The van der Waals surface area contributed by atoms with Crippen molar-refractivity contribution in [3.63, 3.8) is 0 Å². The predicted molar refractivity (Wildman–Crippen MR) is 237 cm³/mol. The number of benzene rings is 9. The maximum Gasteiger partial charge on any atom is 0.231 e. The van der Waals surface area contributed by atoms with Crippen LogP contribution in [0.1, 0.15) is 0 Å². The van der Waals surface area contributed by atoms with Gasteiger partial charge in [-0.2, -0.15) is 4.98 Å². The molecule has 0 atom stereocenters. The van der Waals surface area contributed by atoms with Gasteiger partial charge in [-0.15, -0.1) is 0 Å². The summed E-state index contributed by atoms with van der Waals surface area (Å²) in [5.74, 6) is 0.637. The zero-order valence-corrected chi connectivity index (χ0v) is 30.9. The SMILES string of the molecule is c1ccc(-c2cc(-c3ccccc3)cc(-c3cccc(-c4cccc(-c5nc(-c6cccc7ccccc67)nc6oc7c8ccccc8ccc7c56)c4)c3)c2)cc1. The van der Waals surface area contributed by atoms with Crippen LogP contribution in [0.5, 0.6) is 0 Å². The normalized spacial score (nSPS) is 11.5. The van der Waals surface area contributed by atoms with E-state index < -0.39 is 0 Å². The van der Waals surface area contributed by atoms with Crippen molar-refractivity contribution in [1.82, 2.24) is 9.97 Å². The number of nitrogens with zero attached hydrogens (tertiary/aromatic N) is 2. The smallest absolute Gasteiger partial charge is 0.231 e. The molecule has 0 saturated heterocycles. The zero-order chi connectivity index (χ0) is 37.7. The fourth-order valence-corrected chi connectivity index (χ4v) is 8.27. The van der Waals surface area contributed by atoms with E-state index in [0.717, 1.165) is 71.4 Å². The molecule has 9 aromatic carbocycles. The number of aromatic nitrogens is 2. The van der Waals surface area contributed by atoms with E-state index in [9.17, 15) is 0 Å². The van der Waals surface area contributed by atoms with Gasteiger partial charge in [0.15, 0.2) is 5.82 Å². The van der Waals surface area contributed by atoms with Crippen molar-refractivity contribution < 1.29 is 4.42 Å². The van der Waals surface area contributed by atoms with E-state index in [1.165, 1.54) is 27.8 Å². The first-order valence-electron chi connectivity index (χ1n) is 19.3. The quantitative estimate of drug-likeness (QED) is 0.171. The first-order valence-corrected chi connectivity index (χ1v) is 19.3. The second-order valence-electron chi connectivity index (χ2n) is 14.6. The van der Waals surface area contributed by atoms with E-state index in [1.54, 1.807) is 0 Å². The third-order valence-electron chi connectivity index (χ3n) is 11.1. The Morgan fingerprint density at radius 1 is 0.316 bits per heavy atom. The molecular formula is C54H34N2O. The highest BCUT2D eigenvalue weighted by Crippen LogP contribution is 2.41. The molecule has 57 heavy (non-hydrogen) atoms. The minimum atomic E-state index is 0.578. The summed E-state index contributed by atoms with van der Waals surface area (Å²) < 4.78 is 6.71. The first-order chi connectivity index (χ1) is 28.2. The Bertz CT molecular complexity index is 3230. The van der Waals surface area contributed by atoms with Gasteiger partial charge in [0.25, 0.3) is 0 Å². The van der Waals surface area contributed by atoms with E-state index in [-0.39, 0.29) is 0 Å². The van der Waals surface area contributed by atoms with E-state index in [1.807, 2.05) is 0 Å². The van der Waals surface area contributed by atoms with Crippen molar-refractivity contribution in [3.05, 3.63) is 206 Å². The lowest BCUT2D eigenvalue weighted by atomic mass is 9.92. The Balaban J connectivity index is 1.08. The van der Waals surface area contributed by atoms with Crippen LogP contribution in [0.2, 0.25) is 0 Å². The molecule has 0 spiro atoms. The van der Waals surface area contributed by atoms with Crippen LogP contribution in [0.15, 0.2) is 211 Å². The molecule has 2 aromatic heterocycles. The topological polar surface area (TPSA) is 38.9 Å². The number of furan rings is 1. The molecule has 2 heterocycles. The Morgan fingerprint density at radius 2 is 0.789 bits per heavy atom. The summed E-state index contributed by atoms with van der Waals surface area (Å²) >= 11 is 0. The number of hydrogen-bond acceptors (Lipinski definition) is 3. The fourth-order valence-electron chi connectivity index (χ4n) is 8.27. The molecule has 3 nitrogen and oxygen atoms in total. The van der Waals surface area contributed by atoms with Crippen LogP contribution in [0.25, 0.3) is 111 Å². The average Bonchev–Trinajstić information content (AvgIpc) is 3.68. The highest BCUT2D eigenvalue weighted by atomic mass is 16.3. The molecule has 0 aliphatic rings. The molecule has 3 heteroatoms. The van der Waals surface area contributed by atoms with Gasteiger partial charge in [-0.25, -0.2) is 4.98 Å². The average molecular weight is 727 g/mol.